The number of thioether (sulfide) groups is 1. The number of rotatable bonds is 6. The summed E-state index contributed by atoms with van der Waals surface area (Å²) in [4.78, 5) is 13.8. The van der Waals surface area contributed by atoms with E-state index in [0.29, 0.717) is 6.42 Å². The van der Waals surface area contributed by atoms with Crippen LogP contribution in [0.4, 0.5) is 0 Å². The van der Waals surface area contributed by atoms with Gasteiger partial charge in [0.2, 0.25) is 0 Å². The Hall–Kier alpha value is -1.48. The molecule has 0 bridgehead atoms. The Balaban J connectivity index is 2.56. The van der Waals surface area contributed by atoms with Crippen LogP contribution in [0.25, 0.3) is 5.57 Å². The monoisotopic (exact) mass is 302 g/mol. The SMILES string of the molecule is C=CC1(CC)CC(=O)C(c2ccc(OC)cc2)=C1SCC. The van der Waals surface area contributed by atoms with Crippen molar-refractivity contribution < 1.29 is 9.53 Å². The second kappa shape index (κ2) is 6.52. The Morgan fingerprint density at radius 2 is 2.00 bits per heavy atom. The summed E-state index contributed by atoms with van der Waals surface area (Å²) in [5, 5.41) is 0. The summed E-state index contributed by atoms with van der Waals surface area (Å²) in [5.41, 5.74) is 1.66. The average Bonchev–Trinajstić information content (AvgIpc) is 2.80. The number of ether oxygens (including phenoxy) is 1. The van der Waals surface area contributed by atoms with E-state index in [2.05, 4.69) is 20.4 Å². The maximum absolute atomic E-state index is 12.6. The molecule has 2 rings (SSSR count). The van der Waals surface area contributed by atoms with Crippen LogP contribution < -0.4 is 4.74 Å². The van der Waals surface area contributed by atoms with Crippen molar-refractivity contribution in [2.75, 3.05) is 12.9 Å². The van der Waals surface area contributed by atoms with Gasteiger partial charge in [-0.15, -0.1) is 18.3 Å². The van der Waals surface area contributed by atoms with Gasteiger partial charge in [-0.05, 0) is 29.9 Å². The minimum Gasteiger partial charge on any atom is -0.497 e. The molecule has 1 aromatic rings. The van der Waals surface area contributed by atoms with E-state index in [1.165, 1.54) is 4.91 Å². The summed E-state index contributed by atoms with van der Waals surface area (Å²) < 4.78 is 5.19. The summed E-state index contributed by atoms with van der Waals surface area (Å²) in [5.74, 6) is 1.98. The molecule has 0 saturated heterocycles. The molecule has 1 unspecified atom stereocenters. The second-order valence-electron chi connectivity index (χ2n) is 5.18. The van der Waals surface area contributed by atoms with Crippen molar-refractivity contribution in [2.24, 2.45) is 5.41 Å². The molecule has 0 spiro atoms. The van der Waals surface area contributed by atoms with Gasteiger partial charge in [0, 0.05) is 22.3 Å². The zero-order valence-electron chi connectivity index (χ0n) is 12.9. The smallest absolute Gasteiger partial charge is 0.165 e. The molecule has 0 radical (unpaired) electrons. The quantitative estimate of drug-likeness (QED) is 0.712. The summed E-state index contributed by atoms with van der Waals surface area (Å²) in [6.07, 6.45) is 3.40. The largest absolute Gasteiger partial charge is 0.497 e. The lowest BCUT2D eigenvalue weighted by molar-refractivity contribution is -0.114. The predicted octanol–water partition coefficient (Wildman–Crippen LogP) is 4.71. The molecule has 1 atom stereocenters. The fraction of sp³-hybridized carbons (Fsp3) is 0.389. The van der Waals surface area contributed by atoms with Crippen LogP contribution in [0.1, 0.15) is 32.3 Å². The van der Waals surface area contributed by atoms with E-state index in [0.717, 1.165) is 29.1 Å². The highest BCUT2D eigenvalue weighted by atomic mass is 32.2. The Morgan fingerprint density at radius 3 is 2.48 bits per heavy atom. The average molecular weight is 302 g/mol. The van der Waals surface area contributed by atoms with Crippen LogP contribution in [0.3, 0.4) is 0 Å². The number of carbonyl (C=O) groups is 1. The lowest BCUT2D eigenvalue weighted by atomic mass is 9.84. The van der Waals surface area contributed by atoms with Crippen LogP contribution in [-0.2, 0) is 4.79 Å². The van der Waals surface area contributed by atoms with Crippen LogP contribution >= 0.6 is 11.8 Å². The highest BCUT2D eigenvalue weighted by Gasteiger charge is 2.42. The van der Waals surface area contributed by atoms with Crippen molar-refractivity contribution >= 4 is 23.1 Å². The first-order chi connectivity index (χ1) is 10.1. The molecule has 0 aromatic heterocycles. The van der Waals surface area contributed by atoms with Crippen LogP contribution in [0.2, 0.25) is 0 Å². The highest BCUT2D eigenvalue weighted by molar-refractivity contribution is 8.03. The van der Waals surface area contributed by atoms with Crippen LogP contribution in [0.15, 0.2) is 41.8 Å². The van der Waals surface area contributed by atoms with Gasteiger partial charge in [-0.25, -0.2) is 0 Å². The topological polar surface area (TPSA) is 26.3 Å². The number of hydrogen-bond acceptors (Lipinski definition) is 3. The lowest BCUT2D eigenvalue weighted by Gasteiger charge is -2.26. The Morgan fingerprint density at radius 1 is 1.33 bits per heavy atom. The fourth-order valence-electron chi connectivity index (χ4n) is 2.84. The molecule has 0 aliphatic heterocycles. The van der Waals surface area contributed by atoms with Gasteiger partial charge in [-0.1, -0.05) is 32.1 Å². The van der Waals surface area contributed by atoms with Gasteiger partial charge in [-0.2, -0.15) is 0 Å². The van der Waals surface area contributed by atoms with Gasteiger partial charge < -0.3 is 4.74 Å². The first kappa shape index (κ1) is 15.9. The standard InChI is InChI=1S/C18H22O2S/c1-5-18(6-2)12-15(19)16(17(18)21-7-3)13-8-10-14(20-4)11-9-13/h5,8-11H,1,6-7,12H2,2-4H3. The molecule has 0 saturated carbocycles. The molecule has 2 nitrogen and oxygen atoms in total. The molecule has 112 valence electrons. The molecule has 0 N–H and O–H groups in total. The van der Waals surface area contributed by atoms with E-state index in [9.17, 15) is 4.79 Å². The van der Waals surface area contributed by atoms with Gasteiger partial charge in [0.05, 0.1) is 7.11 Å². The van der Waals surface area contributed by atoms with Gasteiger partial charge in [-0.3, -0.25) is 4.79 Å². The number of methoxy groups -OCH3 is 1. The summed E-state index contributed by atoms with van der Waals surface area (Å²) >= 11 is 1.77. The summed E-state index contributed by atoms with van der Waals surface area (Å²) in [6, 6.07) is 7.75. The third-order valence-electron chi connectivity index (χ3n) is 4.12. The number of hydrogen-bond donors (Lipinski definition) is 0. The summed E-state index contributed by atoms with van der Waals surface area (Å²) in [7, 11) is 1.65. The molecule has 1 aliphatic carbocycles. The molecule has 1 aliphatic rings. The fourth-order valence-corrected chi connectivity index (χ4v) is 4.09. The van der Waals surface area contributed by atoms with Crippen molar-refractivity contribution in [3.8, 4) is 5.75 Å². The number of ketones is 1. The van der Waals surface area contributed by atoms with E-state index in [4.69, 9.17) is 4.74 Å². The van der Waals surface area contributed by atoms with Crippen LogP contribution in [0.5, 0.6) is 5.75 Å². The molecule has 0 amide bonds. The number of Topliss-reactive ketones (excluding diaryl/α,β-unsaturated/α-hetero) is 1. The number of allylic oxidation sites excluding steroid dienone is 3. The minimum atomic E-state index is -0.187. The molecule has 3 heteroatoms. The van der Waals surface area contributed by atoms with E-state index in [-0.39, 0.29) is 11.2 Å². The maximum atomic E-state index is 12.6. The number of benzene rings is 1. The van der Waals surface area contributed by atoms with Crippen molar-refractivity contribution in [2.45, 2.75) is 26.7 Å². The molecule has 21 heavy (non-hydrogen) atoms. The van der Waals surface area contributed by atoms with Crippen molar-refractivity contribution in [1.82, 2.24) is 0 Å². The maximum Gasteiger partial charge on any atom is 0.165 e. The minimum absolute atomic E-state index is 0.187. The van der Waals surface area contributed by atoms with Crippen molar-refractivity contribution in [3.63, 3.8) is 0 Å². The zero-order chi connectivity index (χ0) is 15.5. The normalized spacial score (nSPS) is 21.8. The highest BCUT2D eigenvalue weighted by Crippen LogP contribution is 2.52. The first-order valence-electron chi connectivity index (χ1n) is 7.30. The van der Waals surface area contributed by atoms with Crippen molar-refractivity contribution in [3.05, 3.63) is 47.4 Å². The molecule has 1 aromatic carbocycles. The number of carbonyl (C=O) groups excluding carboxylic acids is 1. The van der Waals surface area contributed by atoms with E-state index in [1.807, 2.05) is 30.3 Å². The van der Waals surface area contributed by atoms with Crippen LogP contribution in [-0.4, -0.2) is 18.6 Å². The van der Waals surface area contributed by atoms with Gasteiger partial charge in [0.25, 0.3) is 0 Å². The Bertz CT molecular complexity index is 571. The van der Waals surface area contributed by atoms with E-state index >= 15 is 0 Å². The predicted molar refractivity (Wildman–Crippen MR) is 90.6 cm³/mol. The van der Waals surface area contributed by atoms with Crippen LogP contribution in [0, 0.1) is 5.41 Å². The Kier molecular flexibility index (Phi) is 4.94. The van der Waals surface area contributed by atoms with E-state index in [1.54, 1.807) is 18.9 Å². The third kappa shape index (κ3) is 2.80. The third-order valence-corrected chi connectivity index (χ3v) is 5.31. The summed E-state index contributed by atoms with van der Waals surface area (Å²) in [6.45, 7) is 8.24. The molecule has 0 heterocycles. The molecule has 0 fully saturated rings. The zero-order valence-corrected chi connectivity index (χ0v) is 13.8. The van der Waals surface area contributed by atoms with Gasteiger partial charge in [0.15, 0.2) is 5.78 Å². The second-order valence-corrected chi connectivity index (χ2v) is 6.45. The Labute approximate surface area is 131 Å². The molecular weight excluding hydrogens is 280 g/mol. The van der Waals surface area contributed by atoms with Gasteiger partial charge in [0.1, 0.15) is 5.75 Å². The molecular formula is C18H22O2S. The van der Waals surface area contributed by atoms with Gasteiger partial charge >= 0.3 is 0 Å². The van der Waals surface area contributed by atoms with Crippen molar-refractivity contribution in [1.29, 1.82) is 0 Å². The lowest BCUT2D eigenvalue weighted by Crippen LogP contribution is -2.15. The first-order valence-corrected chi connectivity index (χ1v) is 8.29. The van der Waals surface area contributed by atoms with E-state index < -0.39 is 0 Å².